The zero-order chi connectivity index (χ0) is 12.5. The van der Waals surface area contributed by atoms with E-state index < -0.39 is 11.3 Å². The predicted octanol–water partition coefficient (Wildman–Crippen LogP) is 1.51. The highest BCUT2D eigenvalue weighted by atomic mass is 16.4. The number of fused-ring (bicyclic) bond motifs is 1. The van der Waals surface area contributed by atoms with Crippen LogP contribution >= 0.6 is 0 Å². The Morgan fingerprint density at radius 1 is 1.53 bits per heavy atom. The van der Waals surface area contributed by atoms with Crippen LogP contribution < -0.4 is 11.1 Å². The number of nitriles is 1. The van der Waals surface area contributed by atoms with E-state index in [1.165, 1.54) is 0 Å². The van der Waals surface area contributed by atoms with Gasteiger partial charge < -0.3 is 4.42 Å². The van der Waals surface area contributed by atoms with Crippen molar-refractivity contribution in [3.8, 4) is 6.07 Å². The monoisotopic (exact) mass is 231 g/mol. The molecule has 2 rings (SSSR count). The summed E-state index contributed by atoms with van der Waals surface area (Å²) < 4.78 is 4.91. The van der Waals surface area contributed by atoms with Crippen LogP contribution in [-0.2, 0) is 6.54 Å². The van der Waals surface area contributed by atoms with Crippen molar-refractivity contribution in [1.29, 1.82) is 5.26 Å². The van der Waals surface area contributed by atoms with E-state index >= 15 is 0 Å². The molecule has 0 bridgehead atoms. The maximum atomic E-state index is 11.0. The average Bonchev–Trinajstić information content (AvgIpc) is 2.66. The van der Waals surface area contributed by atoms with Crippen molar-refractivity contribution in [1.82, 2.24) is 10.3 Å². The number of nitrogens with one attached hydrogen (secondary N) is 2. The Hall–Kier alpha value is -2.06. The van der Waals surface area contributed by atoms with Gasteiger partial charge in [-0.3, -0.25) is 10.3 Å². The molecule has 1 heterocycles. The third-order valence-corrected chi connectivity index (χ3v) is 2.50. The molecule has 0 aliphatic carbocycles. The molecule has 88 valence electrons. The van der Waals surface area contributed by atoms with Gasteiger partial charge in [-0.1, -0.05) is 6.07 Å². The lowest BCUT2D eigenvalue weighted by Crippen LogP contribution is -2.36. The first kappa shape index (κ1) is 11.4. The van der Waals surface area contributed by atoms with Crippen LogP contribution in [-0.4, -0.2) is 10.5 Å². The SMILES string of the molecule is CC(C)(C#N)NCc1ccc2oc(=O)[nH]c2c1. The highest BCUT2D eigenvalue weighted by Gasteiger charge is 2.15. The summed E-state index contributed by atoms with van der Waals surface area (Å²) in [5, 5.41) is 12.0. The molecule has 0 aliphatic rings. The number of aromatic nitrogens is 1. The fraction of sp³-hybridized carbons (Fsp3) is 0.333. The van der Waals surface area contributed by atoms with Crippen molar-refractivity contribution in [2.75, 3.05) is 0 Å². The molecule has 5 nitrogen and oxygen atoms in total. The number of hydrogen-bond acceptors (Lipinski definition) is 4. The molecule has 0 saturated heterocycles. The van der Waals surface area contributed by atoms with Gasteiger partial charge in [-0.05, 0) is 31.5 Å². The fourth-order valence-corrected chi connectivity index (χ4v) is 1.47. The van der Waals surface area contributed by atoms with Crippen LogP contribution in [0.4, 0.5) is 0 Å². The summed E-state index contributed by atoms with van der Waals surface area (Å²) >= 11 is 0. The Morgan fingerprint density at radius 2 is 2.29 bits per heavy atom. The molecule has 2 N–H and O–H groups in total. The fourth-order valence-electron chi connectivity index (χ4n) is 1.47. The minimum absolute atomic E-state index is 0.456. The second-order valence-corrected chi connectivity index (χ2v) is 4.44. The molecule has 0 atom stereocenters. The van der Waals surface area contributed by atoms with Crippen molar-refractivity contribution >= 4 is 11.1 Å². The van der Waals surface area contributed by atoms with Gasteiger partial charge in [0.1, 0.15) is 5.54 Å². The Kier molecular flexibility index (Phi) is 2.74. The summed E-state index contributed by atoms with van der Waals surface area (Å²) in [7, 11) is 0. The van der Waals surface area contributed by atoms with Crippen LogP contribution in [0.15, 0.2) is 27.4 Å². The van der Waals surface area contributed by atoms with E-state index in [9.17, 15) is 4.79 Å². The van der Waals surface area contributed by atoms with E-state index in [1.54, 1.807) is 6.07 Å². The molecule has 0 saturated carbocycles. The number of nitrogens with zero attached hydrogens (tertiary/aromatic N) is 1. The third kappa shape index (κ3) is 2.55. The van der Waals surface area contributed by atoms with Gasteiger partial charge in [0.05, 0.1) is 11.6 Å². The minimum atomic E-state index is -0.571. The zero-order valence-electron chi connectivity index (χ0n) is 9.70. The van der Waals surface area contributed by atoms with Gasteiger partial charge in [0.2, 0.25) is 0 Å². The van der Waals surface area contributed by atoms with Gasteiger partial charge >= 0.3 is 5.76 Å². The number of benzene rings is 1. The second-order valence-electron chi connectivity index (χ2n) is 4.44. The Balaban J connectivity index is 2.20. The van der Waals surface area contributed by atoms with E-state index in [2.05, 4.69) is 16.4 Å². The van der Waals surface area contributed by atoms with Gasteiger partial charge in [0.15, 0.2) is 5.58 Å². The first-order valence-corrected chi connectivity index (χ1v) is 5.28. The average molecular weight is 231 g/mol. The van der Waals surface area contributed by atoms with Crippen LogP contribution in [0.2, 0.25) is 0 Å². The quantitative estimate of drug-likeness (QED) is 0.838. The maximum Gasteiger partial charge on any atom is 0.417 e. The van der Waals surface area contributed by atoms with Gasteiger partial charge in [-0.15, -0.1) is 0 Å². The summed E-state index contributed by atoms with van der Waals surface area (Å²) in [4.78, 5) is 13.6. The number of hydrogen-bond donors (Lipinski definition) is 2. The summed E-state index contributed by atoms with van der Waals surface area (Å²) in [6.07, 6.45) is 0. The Morgan fingerprint density at radius 3 is 3.00 bits per heavy atom. The van der Waals surface area contributed by atoms with Crippen LogP contribution in [0.25, 0.3) is 11.1 Å². The number of aromatic amines is 1. The maximum absolute atomic E-state index is 11.0. The summed E-state index contributed by atoms with van der Waals surface area (Å²) in [6.45, 7) is 4.18. The number of rotatable bonds is 3. The van der Waals surface area contributed by atoms with Gasteiger partial charge in [-0.25, -0.2) is 4.79 Å². The lowest BCUT2D eigenvalue weighted by atomic mass is 10.1. The van der Waals surface area contributed by atoms with Gasteiger partial charge in [-0.2, -0.15) is 5.26 Å². The smallest absolute Gasteiger partial charge is 0.408 e. The third-order valence-electron chi connectivity index (χ3n) is 2.50. The van der Waals surface area contributed by atoms with Crippen LogP contribution in [0.3, 0.4) is 0 Å². The normalized spacial score (nSPS) is 11.6. The molecule has 0 unspecified atom stereocenters. The highest BCUT2D eigenvalue weighted by Crippen LogP contribution is 2.13. The molecule has 5 heteroatoms. The van der Waals surface area contributed by atoms with Crippen molar-refractivity contribution in [2.45, 2.75) is 25.9 Å². The number of H-pyrrole nitrogens is 1. The first-order valence-electron chi connectivity index (χ1n) is 5.28. The largest absolute Gasteiger partial charge is 0.417 e. The van der Waals surface area contributed by atoms with Crippen molar-refractivity contribution < 1.29 is 4.42 Å². The van der Waals surface area contributed by atoms with Gasteiger partial charge in [0.25, 0.3) is 0 Å². The minimum Gasteiger partial charge on any atom is -0.408 e. The molecule has 1 aromatic carbocycles. The molecule has 0 fully saturated rings. The molecule has 2 aromatic rings. The molecule has 0 amide bonds. The summed E-state index contributed by atoms with van der Waals surface area (Å²) in [5.74, 6) is -0.456. The van der Waals surface area contributed by atoms with Crippen molar-refractivity contribution in [3.63, 3.8) is 0 Å². The molecular weight excluding hydrogens is 218 g/mol. The molecule has 0 radical (unpaired) electrons. The molecule has 0 aliphatic heterocycles. The van der Waals surface area contributed by atoms with Crippen LogP contribution in [0, 0.1) is 11.3 Å². The standard InChI is InChI=1S/C12H13N3O2/c1-12(2,7-13)14-6-8-3-4-10-9(5-8)15-11(16)17-10/h3-5,14H,6H2,1-2H3,(H,15,16). The van der Waals surface area contributed by atoms with E-state index in [-0.39, 0.29) is 0 Å². The van der Waals surface area contributed by atoms with E-state index in [4.69, 9.17) is 9.68 Å². The second kappa shape index (κ2) is 4.07. The first-order chi connectivity index (χ1) is 8.00. The molecule has 17 heavy (non-hydrogen) atoms. The Labute approximate surface area is 98.1 Å². The Bertz CT molecular complexity index is 631. The predicted molar refractivity (Wildman–Crippen MR) is 63.4 cm³/mol. The van der Waals surface area contributed by atoms with E-state index in [0.29, 0.717) is 17.6 Å². The summed E-state index contributed by atoms with van der Waals surface area (Å²) in [6, 6.07) is 7.60. The molecule has 0 spiro atoms. The van der Waals surface area contributed by atoms with Crippen molar-refractivity contribution in [3.05, 3.63) is 34.3 Å². The van der Waals surface area contributed by atoms with E-state index in [0.717, 1.165) is 5.56 Å². The number of oxazole rings is 1. The van der Waals surface area contributed by atoms with Crippen molar-refractivity contribution in [2.24, 2.45) is 0 Å². The van der Waals surface area contributed by atoms with Crippen LogP contribution in [0.5, 0.6) is 0 Å². The van der Waals surface area contributed by atoms with Crippen LogP contribution in [0.1, 0.15) is 19.4 Å². The van der Waals surface area contributed by atoms with Gasteiger partial charge in [0, 0.05) is 6.54 Å². The zero-order valence-corrected chi connectivity index (χ0v) is 9.70. The topological polar surface area (TPSA) is 81.8 Å². The lowest BCUT2D eigenvalue weighted by molar-refractivity contribution is 0.485. The lowest BCUT2D eigenvalue weighted by Gasteiger charge is -2.17. The molecular formula is C12H13N3O2. The molecule has 1 aromatic heterocycles. The highest BCUT2D eigenvalue weighted by molar-refractivity contribution is 5.72. The summed E-state index contributed by atoms with van der Waals surface area (Å²) in [5.41, 5.74) is 1.62. The van der Waals surface area contributed by atoms with E-state index in [1.807, 2.05) is 26.0 Å².